The van der Waals surface area contributed by atoms with Crippen LogP contribution in [0.4, 0.5) is 0 Å². The van der Waals surface area contributed by atoms with Crippen LogP contribution in [0.25, 0.3) is 0 Å². The number of carbonyl (C=O) groups excluding carboxylic acids is 4. The molecule has 1 atom stereocenters. The predicted molar refractivity (Wildman–Crippen MR) is 105 cm³/mol. The highest BCUT2D eigenvalue weighted by atomic mass is 32.2. The largest absolute Gasteiger partial charge is 0.467 e. The van der Waals surface area contributed by atoms with Crippen LogP contribution in [0.5, 0.6) is 0 Å². The van der Waals surface area contributed by atoms with Crippen LogP contribution in [0.15, 0.2) is 47.1 Å². The Morgan fingerprint density at radius 1 is 1.14 bits per heavy atom. The van der Waals surface area contributed by atoms with Crippen molar-refractivity contribution in [2.24, 2.45) is 0 Å². The van der Waals surface area contributed by atoms with E-state index in [1.54, 1.807) is 36.4 Å². The normalized spacial score (nSPS) is 13.9. The summed E-state index contributed by atoms with van der Waals surface area (Å²) in [5.74, 6) is -1.26. The molecular weight excluding hydrogens is 396 g/mol. The van der Waals surface area contributed by atoms with E-state index in [0.717, 1.165) is 4.90 Å². The zero-order valence-corrected chi connectivity index (χ0v) is 16.6. The first-order valence-electron chi connectivity index (χ1n) is 8.94. The number of nitrogens with zero attached hydrogens (tertiary/aromatic N) is 1. The van der Waals surface area contributed by atoms with Crippen molar-refractivity contribution in [3.05, 3.63) is 59.5 Å². The molecule has 0 aliphatic carbocycles. The standard InChI is InChI=1S/C20H20N2O6S/c1-29-10-8-16(22-18(24)14-6-2-3-7-15(14)19(22)25)20(26)28-12-17(23)21-11-13-5-4-9-27-13/h2-7,9,16H,8,10-12H2,1H3,(H,21,23)/t16-/m0/s1. The fourth-order valence-electron chi connectivity index (χ4n) is 2.96. The van der Waals surface area contributed by atoms with E-state index in [1.165, 1.54) is 18.0 Å². The van der Waals surface area contributed by atoms with Gasteiger partial charge in [0.2, 0.25) is 0 Å². The van der Waals surface area contributed by atoms with Crippen LogP contribution < -0.4 is 5.32 Å². The lowest BCUT2D eigenvalue weighted by atomic mass is 10.1. The molecule has 1 aromatic heterocycles. The molecule has 2 heterocycles. The molecule has 3 amide bonds. The zero-order valence-electron chi connectivity index (χ0n) is 15.8. The van der Waals surface area contributed by atoms with Gasteiger partial charge in [-0.3, -0.25) is 19.3 Å². The Hall–Kier alpha value is -3.07. The van der Waals surface area contributed by atoms with Gasteiger partial charge >= 0.3 is 5.97 Å². The number of esters is 1. The maximum absolute atomic E-state index is 12.7. The topological polar surface area (TPSA) is 106 Å². The van der Waals surface area contributed by atoms with E-state index >= 15 is 0 Å². The van der Waals surface area contributed by atoms with Crippen molar-refractivity contribution >= 4 is 35.5 Å². The molecule has 0 unspecified atom stereocenters. The lowest BCUT2D eigenvalue weighted by Gasteiger charge is -2.24. The molecule has 0 fully saturated rings. The molecule has 0 bridgehead atoms. The molecule has 0 radical (unpaired) electrons. The monoisotopic (exact) mass is 416 g/mol. The molecule has 1 N–H and O–H groups in total. The lowest BCUT2D eigenvalue weighted by Crippen LogP contribution is -2.46. The van der Waals surface area contributed by atoms with Crippen molar-refractivity contribution in [1.29, 1.82) is 0 Å². The van der Waals surface area contributed by atoms with Crippen LogP contribution in [0, 0.1) is 0 Å². The Balaban J connectivity index is 1.64. The summed E-state index contributed by atoms with van der Waals surface area (Å²) < 4.78 is 10.2. The third-order valence-electron chi connectivity index (χ3n) is 4.39. The first kappa shape index (κ1) is 20.7. The Kier molecular flexibility index (Phi) is 6.71. The molecule has 9 heteroatoms. The van der Waals surface area contributed by atoms with Gasteiger partial charge in [-0.25, -0.2) is 4.79 Å². The van der Waals surface area contributed by atoms with E-state index in [1.807, 2.05) is 6.26 Å². The maximum Gasteiger partial charge on any atom is 0.329 e. The fraction of sp³-hybridized carbons (Fsp3) is 0.300. The summed E-state index contributed by atoms with van der Waals surface area (Å²) >= 11 is 1.48. The van der Waals surface area contributed by atoms with E-state index < -0.39 is 36.3 Å². The molecule has 1 aliphatic heterocycles. The van der Waals surface area contributed by atoms with Crippen molar-refractivity contribution in [2.45, 2.75) is 19.0 Å². The number of nitrogens with one attached hydrogen (secondary N) is 1. The second-order valence-corrected chi connectivity index (χ2v) is 7.27. The summed E-state index contributed by atoms with van der Waals surface area (Å²) in [5, 5.41) is 2.56. The van der Waals surface area contributed by atoms with Crippen molar-refractivity contribution < 1.29 is 28.3 Å². The number of imide groups is 1. The number of thioether (sulfide) groups is 1. The van der Waals surface area contributed by atoms with Crippen LogP contribution in [0.1, 0.15) is 32.9 Å². The Morgan fingerprint density at radius 3 is 2.41 bits per heavy atom. The number of furan rings is 1. The third kappa shape index (κ3) is 4.68. The van der Waals surface area contributed by atoms with Gasteiger partial charge in [0.15, 0.2) is 6.61 Å². The molecule has 0 saturated heterocycles. The number of hydrogen-bond donors (Lipinski definition) is 1. The van der Waals surface area contributed by atoms with Gasteiger partial charge in [-0.1, -0.05) is 12.1 Å². The summed E-state index contributed by atoms with van der Waals surface area (Å²) in [4.78, 5) is 50.9. The SMILES string of the molecule is CSCC[C@@H](C(=O)OCC(=O)NCc1ccco1)N1C(=O)c2ccccc2C1=O. The molecule has 8 nitrogen and oxygen atoms in total. The first-order chi connectivity index (χ1) is 14.0. The molecule has 2 aromatic rings. The number of amides is 3. The quantitative estimate of drug-likeness (QED) is 0.491. The molecule has 29 heavy (non-hydrogen) atoms. The highest BCUT2D eigenvalue weighted by Crippen LogP contribution is 2.26. The van der Waals surface area contributed by atoms with Crippen LogP contribution in [-0.4, -0.2) is 53.2 Å². The van der Waals surface area contributed by atoms with Gasteiger partial charge < -0.3 is 14.5 Å². The molecule has 152 valence electrons. The number of ether oxygens (including phenoxy) is 1. The Morgan fingerprint density at radius 2 is 1.83 bits per heavy atom. The fourth-order valence-corrected chi connectivity index (χ4v) is 3.41. The molecule has 0 spiro atoms. The summed E-state index contributed by atoms with van der Waals surface area (Å²) in [6, 6.07) is 8.72. The minimum atomic E-state index is -1.09. The second kappa shape index (κ2) is 9.42. The van der Waals surface area contributed by atoms with Crippen molar-refractivity contribution in [2.75, 3.05) is 18.6 Å². The summed E-state index contributed by atoms with van der Waals surface area (Å²) in [5.41, 5.74) is 0.520. The maximum atomic E-state index is 12.7. The minimum absolute atomic E-state index is 0.164. The van der Waals surface area contributed by atoms with Gasteiger partial charge in [0.05, 0.1) is 23.9 Å². The van der Waals surface area contributed by atoms with Crippen molar-refractivity contribution in [3.8, 4) is 0 Å². The second-order valence-electron chi connectivity index (χ2n) is 6.29. The predicted octanol–water partition coefficient (Wildman–Crippen LogP) is 1.86. The molecule has 1 aliphatic rings. The number of benzene rings is 1. The van der Waals surface area contributed by atoms with Crippen LogP contribution in [0.2, 0.25) is 0 Å². The number of rotatable bonds is 9. The Bertz CT molecular complexity index is 876. The van der Waals surface area contributed by atoms with E-state index in [4.69, 9.17) is 9.15 Å². The highest BCUT2D eigenvalue weighted by molar-refractivity contribution is 7.98. The first-order valence-corrected chi connectivity index (χ1v) is 10.3. The average molecular weight is 416 g/mol. The zero-order chi connectivity index (χ0) is 20.8. The van der Waals surface area contributed by atoms with Gasteiger partial charge in [0.25, 0.3) is 17.7 Å². The highest BCUT2D eigenvalue weighted by Gasteiger charge is 2.43. The summed E-state index contributed by atoms with van der Waals surface area (Å²) in [7, 11) is 0. The number of hydrogen-bond acceptors (Lipinski definition) is 7. The van der Waals surface area contributed by atoms with E-state index in [0.29, 0.717) is 11.5 Å². The average Bonchev–Trinajstić information content (AvgIpc) is 3.34. The van der Waals surface area contributed by atoms with Gasteiger partial charge in [0, 0.05) is 0 Å². The summed E-state index contributed by atoms with van der Waals surface area (Å²) in [6.45, 7) is -0.351. The smallest absolute Gasteiger partial charge is 0.329 e. The third-order valence-corrected chi connectivity index (χ3v) is 5.03. The molecular formula is C20H20N2O6S. The number of fused-ring (bicyclic) bond motifs is 1. The molecule has 3 rings (SSSR count). The number of carbonyl (C=O) groups is 4. The Labute approximate surface area is 171 Å². The van der Waals surface area contributed by atoms with Gasteiger partial charge in [-0.05, 0) is 42.7 Å². The van der Waals surface area contributed by atoms with Crippen LogP contribution in [-0.2, 0) is 20.9 Å². The van der Waals surface area contributed by atoms with Crippen LogP contribution in [0.3, 0.4) is 0 Å². The summed E-state index contributed by atoms with van der Waals surface area (Å²) in [6.07, 6.45) is 3.58. The van der Waals surface area contributed by atoms with Crippen molar-refractivity contribution in [1.82, 2.24) is 10.2 Å². The minimum Gasteiger partial charge on any atom is -0.467 e. The van der Waals surface area contributed by atoms with Crippen molar-refractivity contribution in [3.63, 3.8) is 0 Å². The van der Waals surface area contributed by atoms with E-state index in [-0.39, 0.29) is 24.1 Å². The lowest BCUT2D eigenvalue weighted by molar-refractivity contribution is -0.152. The van der Waals surface area contributed by atoms with E-state index in [2.05, 4.69) is 5.32 Å². The van der Waals surface area contributed by atoms with Gasteiger partial charge in [-0.15, -0.1) is 0 Å². The molecule has 1 aromatic carbocycles. The van der Waals surface area contributed by atoms with E-state index in [9.17, 15) is 19.2 Å². The molecule has 0 saturated carbocycles. The van der Waals surface area contributed by atoms with Gasteiger partial charge in [-0.2, -0.15) is 11.8 Å². The van der Waals surface area contributed by atoms with Crippen LogP contribution >= 0.6 is 11.8 Å². The van der Waals surface area contributed by atoms with Gasteiger partial charge in [0.1, 0.15) is 11.8 Å².